The maximum Gasteiger partial charge on any atom is 0.305 e. The van der Waals surface area contributed by atoms with E-state index in [1.165, 1.54) is 334 Å². The van der Waals surface area contributed by atoms with Gasteiger partial charge in [-0.2, -0.15) is 0 Å². The van der Waals surface area contributed by atoms with Gasteiger partial charge in [0.2, 0.25) is 0 Å². The summed E-state index contributed by atoms with van der Waals surface area (Å²) in [7, 11) is 0. The quantitative estimate of drug-likeness (QED) is 0.0337. The van der Waals surface area contributed by atoms with Gasteiger partial charge in [0.15, 0.2) is 0 Å². The van der Waals surface area contributed by atoms with E-state index in [1.807, 2.05) is 0 Å². The molecule has 0 rings (SSSR count). The summed E-state index contributed by atoms with van der Waals surface area (Å²) in [6, 6.07) is 0. The monoisotopic (exact) mass is 1340 g/mol. The second-order valence-electron chi connectivity index (χ2n) is 31.9. The number of esters is 4. The van der Waals surface area contributed by atoms with Crippen LogP contribution in [0.4, 0.5) is 0 Å². The topological polar surface area (TPSA) is 105 Å². The third-order valence-corrected chi connectivity index (χ3v) is 20.4. The van der Waals surface area contributed by atoms with Crippen molar-refractivity contribution in [1.29, 1.82) is 0 Å². The van der Waals surface area contributed by atoms with Crippen LogP contribution in [0.5, 0.6) is 0 Å². The highest BCUT2D eigenvalue weighted by Crippen LogP contribution is 2.26. The summed E-state index contributed by atoms with van der Waals surface area (Å²) < 4.78 is 24.0. The van der Waals surface area contributed by atoms with Gasteiger partial charge in [-0.05, 0) is 43.4 Å². The van der Waals surface area contributed by atoms with E-state index in [4.69, 9.17) is 18.9 Å². The summed E-state index contributed by atoms with van der Waals surface area (Å²) in [5.74, 6) is 1.15. The van der Waals surface area contributed by atoms with Crippen molar-refractivity contribution >= 4 is 23.9 Å². The van der Waals surface area contributed by atoms with Crippen LogP contribution in [0.25, 0.3) is 0 Å². The Bertz CT molecular complexity index is 1460. The Morgan fingerprint density at radius 1 is 0.200 bits per heavy atom. The highest BCUT2D eigenvalue weighted by Gasteiger charge is 2.38. The van der Waals surface area contributed by atoms with Gasteiger partial charge >= 0.3 is 23.9 Å². The summed E-state index contributed by atoms with van der Waals surface area (Å²) >= 11 is 0. The maximum absolute atomic E-state index is 13.5. The van der Waals surface area contributed by atoms with Gasteiger partial charge in [-0.3, -0.25) is 19.2 Å². The van der Waals surface area contributed by atoms with Crippen LogP contribution < -0.4 is 0 Å². The van der Waals surface area contributed by atoms with Gasteiger partial charge in [-0.15, -0.1) is 0 Å². The third-order valence-electron chi connectivity index (χ3n) is 20.4. The third kappa shape index (κ3) is 74.4. The molecular formula is C87H168O8. The number of ether oxygens (including phenoxy) is 4. The normalized spacial score (nSPS) is 11.9. The Balaban J connectivity index is 5.28. The standard InChI is InChI=1S/C87H168O8/c1-8-9-10-11-12-13-14-15-16-17-18-19-20-21-22-23-24-25-26-27-37-44-51-58-65-72-83(88)92-76-87(77-93-84(89)73-66-59-52-45-38-31-28-34-41-48-55-62-69-80(2)3,78-94-85(90)74-67-60-53-46-39-32-29-35-42-49-56-63-70-81(4)5)79-95-86(91)75-68-61-54-47-40-33-30-36-43-50-57-64-71-82(6)7/h80-82H,8-79H2,1-7H3. The Morgan fingerprint density at radius 3 is 0.463 bits per heavy atom. The van der Waals surface area contributed by atoms with Gasteiger partial charge in [0.25, 0.3) is 0 Å². The number of hydrogen-bond donors (Lipinski definition) is 0. The minimum absolute atomic E-state index is 0.159. The molecule has 0 saturated heterocycles. The second kappa shape index (κ2) is 74.6. The van der Waals surface area contributed by atoms with Crippen molar-refractivity contribution in [3.05, 3.63) is 0 Å². The van der Waals surface area contributed by atoms with Crippen molar-refractivity contribution < 1.29 is 38.1 Å². The van der Waals surface area contributed by atoms with E-state index < -0.39 is 5.41 Å². The number of carbonyl (C=O) groups is 4. The van der Waals surface area contributed by atoms with Gasteiger partial charge in [-0.25, -0.2) is 0 Å². The first-order valence-electron chi connectivity index (χ1n) is 43.0. The van der Waals surface area contributed by atoms with E-state index in [0.717, 1.165) is 94.8 Å². The van der Waals surface area contributed by atoms with Crippen LogP contribution in [-0.2, 0) is 38.1 Å². The molecule has 0 radical (unpaired) electrons. The van der Waals surface area contributed by atoms with Gasteiger partial charge in [0.1, 0.15) is 31.8 Å². The van der Waals surface area contributed by atoms with E-state index in [-0.39, 0.29) is 50.3 Å². The molecule has 0 fully saturated rings. The maximum atomic E-state index is 13.5. The van der Waals surface area contributed by atoms with Crippen LogP contribution in [0.2, 0.25) is 0 Å². The zero-order chi connectivity index (χ0) is 69.3. The molecule has 0 N–H and O–H groups in total. The highest BCUT2D eigenvalue weighted by molar-refractivity contribution is 5.71. The summed E-state index contributed by atoms with van der Waals surface area (Å²) in [4.78, 5) is 53.9. The Labute approximate surface area is 593 Å². The fourth-order valence-corrected chi connectivity index (χ4v) is 13.7. The van der Waals surface area contributed by atoms with E-state index in [2.05, 4.69) is 48.5 Å². The Kier molecular flexibility index (Phi) is 72.9. The van der Waals surface area contributed by atoms with Crippen molar-refractivity contribution in [3.8, 4) is 0 Å². The smallest absolute Gasteiger partial charge is 0.305 e. The molecule has 0 aromatic carbocycles. The molecule has 564 valence electrons. The molecule has 0 aliphatic heterocycles. The van der Waals surface area contributed by atoms with Crippen molar-refractivity contribution in [2.75, 3.05) is 26.4 Å². The molecule has 0 atom stereocenters. The van der Waals surface area contributed by atoms with Crippen LogP contribution in [0, 0.1) is 23.2 Å². The lowest BCUT2D eigenvalue weighted by atomic mass is 9.92. The van der Waals surface area contributed by atoms with Crippen LogP contribution in [0.3, 0.4) is 0 Å². The number of carbonyl (C=O) groups excluding carboxylic acids is 4. The largest absolute Gasteiger partial charge is 0.465 e. The van der Waals surface area contributed by atoms with Crippen molar-refractivity contribution in [1.82, 2.24) is 0 Å². The number of rotatable bonds is 79. The molecular weight excluding hydrogens is 1170 g/mol. The zero-order valence-corrected chi connectivity index (χ0v) is 65.4. The summed E-state index contributed by atoms with van der Waals surface area (Å²) in [6.45, 7) is 15.6. The van der Waals surface area contributed by atoms with Gasteiger partial charge in [-0.1, -0.05) is 434 Å². The Hall–Kier alpha value is -2.12. The van der Waals surface area contributed by atoms with Crippen LogP contribution >= 0.6 is 0 Å². The average Bonchev–Trinajstić information content (AvgIpc) is 0.944. The predicted molar refractivity (Wildman–Crippen MR) is 410 cm³/mol. The number of hydrogen-bond acceptors (Lipinski definition) is 8. The summed E-state index contributed by atoms with van der Waals surface area (Å²) in [6.07, 6.45) is 82.5. The molecule has 8 heteroatoms. The molecule has 0 saturated carbocycles. The lowest BCUT2D eigenvalue weighted by Crippen LogP contribution is -2.44. The fraction of sp³-hybridized carbons (Fsp3) is 0.954. The molecule has 0 aromatic rings. The summed E-state index contributed by atoms with van der Waals surface area (Å²) in [5, 5.41) is 0. The van der Waals surface area contributed by atoms with Crippen molar-refractivity contribution in [2.24, 2.45) is 23.2 Å². The fourth-order valence-electron chi connectivity index (χ4n) is 13.7. The number of unbranched alkanes of at least 4 members (excludes halogenated alkanes) is 57. The molecule has 0 bridgehead atoms. The zero-order valence-electron chi connectivity index (χ0n) is 65.4. The van der Waals surface area contributed by atoms with Crippen LogP contribution in [-0.4, -0.2) is 50.3 Å². The first-order chi connectivity index (χ1) is 46.4. The molecule has 0 unspecified atom stereocenters. The average molecular weight is 1340 g/mol. The summed E-state index contributed by atoms with van der Waals surface area (Å²) in [5.41, 5.74) is -1.21. The van der Waals surface area contributed by atoms with E-state index in [0.29, 0.717) is 25.7 Å². The van der Waals surface area contributed by atoms with E-state index >= 15 is 0 Å². The van der Waals surface area contributed by atoms with Crippen LogP contribution in [0.1, 0.15) is 485 Å². The first-order valence-corrected chi connectivity index (χ1v) is 43.0. The molecule has 0 aliphatic rings. The van der Waals surface area contributed by atoms with E-state index in [1.54, 1.807) is 0 Å². The minimum Gasteiger partial charge on any atom is -0.465 e. The molecule has 0 amide bonds. The van der Waals surface area contributed by atoms with Gasteiger partial charge < -0.3 is 18.9 Å². The van der Waals surface area contributed by atoms with Crippen molar-refractivity contribution in [3.63, 3.8) is 0 Å². The molecule has 95 heavy (non-hydrogen) atoms. The molecule has 0 spiro atoms. The van der Waals surface area contributed by atoms with E-state index in [9.17, 15) is 19.2 Å². The molecule has 0 heterocycles. The molecule has 0 aromatic heterocycles. The highest BCUT2D eigenvalue weighted by atomic mass is 16.6. The molecule has 0 aliphatic carbocycles. The predicted octanol–water partition coefficient (Wildman–Crippen LogP) is 28.7. The molecule has 8 nitrogen and oxygen atoms in total. The lowest BCUT2D eigenvalue weighted by molar-refractivity contribution is -0.170. The first kappa shape index (κ1) is 92.9. The lowest BCUT2D eigenvalue weighted by Gasteiger charge is -2.31. The van der Waals surface area contributed by atoms with Gasteiger partial charge in [0.05, 0.1) is 0 Å². The minimum atomic E-state index is -1.21. The van der Waals surface area contributed by atoms with Gasteiger partial charge in [0, 0.05) is 25.7 Å². The second-order valence-corrected chi connectivity index (χ2v) is 31.9. The van der Waals surface area contributed by atoms with Crippen molar-refractivity contribution in [2.45, 2.75) is 485 Å². The SMILES string of the molecule is CCCCCCCCCCCCCCCCCCCCCCCCCCCC(=O)OCC(COC(=O)CCCCCCCCCCCCCCC(C)C)(COC(=O)CCCCCCCCCCCCCCC(C)C)COC(=O)CCCCCCCCCCCCCCC(C)C. The Morgan fingerprint density at radius 2 is 0.326 bits per heavy atom. The van der Waals surface area contributed by atoms with Crippen LogP contribution in [0.15, 0.2) is 0 Å².